The molecule has 0 spiro atoms. The van der Waals surface area contributed by atoms with Crippen molar-refractivity contribution in [3.8, 4) is 11.5 Å². The maximum Gasteiger partial charge on any atom is 0.247 e. The van der Waals surface area contributed by atoms with Crippen molar-refractivity contribution in [1.29, 1.82) is 0 Å². The lowest BCUT2D eigenvalue weighted by Gasteiger charge is -2.22. The van der Waals surface area contributed by atoms with Gasteiger partial charge in [-0.1, -0.05) is 17.7 Å². The molecule has 0 atom stereocenters. The lowest BCUT2D eigenvalue weighted by molar-refractivity contribution is -0.132. The van der Waals surface area contributed by atoms with Gasteiger partial charge in [-0.15, -0.1) is 10.2 Å². The summed E-state index contributed by atoms with van der Waals surface area (Å²) >= 11 is 0. The maximum atomic E-state index is 12.7. The SMILES string of the molecule is Cc1ccc(-c2nnc(CCC(=O)N(Cc3ccncc3)C3CC3)o2)cc1. The van der Waals surface area contributed by atoms with Crippen molar-refractivity contribution in [3.05, 3.63) is 65.8 Å². The molecule has 0 N–H and O–H groups in total. The summed E-state index contributed by atoms with van der Waals surface area (Å²) in [6, 6.07) is 12.2. The van der Waals surface area contributed by atoms with E-state index in [-0.39, 0.29) is 5.91 Å². The smallest absolute Gasteiger partial charge is 0.247 e. The van der Waals surface area contributed by atoms with Crippen LogP contribution >= 0.6 is 0 Å². The molecule has 1 aliphatic carbocycles. The molecule has 1 fully saturated rings. The van der Waals surface area contributed by atoms with Crippen LogP contribution in [0.25, 0.3) is 11.5 Å². The molecule has 0 bridgehead atoms. The van der Waals surface area contributed by atoms with Gasteiger partial charge < -0.3 is 9.32 Å². The molecule has 6 heteroatoms. The largest absolute Gasteiger partial charge is 0.421 e. The van der Waals surface area contributed by atoms with Crippen LogP contribution < -0.4 is 0 Å². The third-order valence-electron chi connectivity index (χ3n) is 4.73. The zero-order valence-corrected chi connectivity index (χ0v) is 15.3. The fourth-order valence-corrected chi connectivity index (χ4v) is 3.02. The van der Waals surface area contributed by atoms with Gasteiger partial charge in [0.25, 0.3) is 0 Å². The third kappa shape index (κ3) is 4.39. The van der Waals surface area contributed by atoms with E-state index in [1.807, 2.05) is 48.2 Å². The molecule has 1 saturated carbocycles. The van der Waals surface area contributed by atoms with Crippen LogP contribution in [0.3, 0.4) is 0 Å². The number of nitrogens with zero attached hydrogens (tertiary/aromatic N) is 4. The van der Waals surface area contributed by atoms with Gasteiger partial charge in [0.2, 0.25) is 17.7 Å². The van der Waals surface area contributed by atoms with Gasteiger partial charge in [0.15, 0.2) is 0 Å². The number of rotatable bonds is 7. The average Bonchev–Trinajstić information content (AvgIpc) is 3.43. The molecular weight excluding hydrogens is 340 g/mol. The summed E-state index contributed by atoms with van der Waals surface area (Å²) in [6.07, 6.45) is 6.50. The van der Waals surface area contributed by atoms with E-state index >= 15 is 0 Å². The maximum absolute atomic E-state index is 12.7. The first-order valence-electron chi connectivity index (χ1n) is 9.27. The molecule has 0 radical (unpaired) electrons. The van der Waals surface area contributed by atoms with Gasteiger partial charge in [0.1, 0.15) is 0 Å². The molecule has 1 aromatic carbocycles. The topological polar surface area (TPSA) is 72.1 Å². The second-order valence-electron chi connectivity index (χ2n) is 6.98. The molecule has 138 valence electrons. The minimum atomic E-state index is 0.129. The molecule has 0 saturated heterocycles. The van der Waals surface area contributed by atoms with Gasteiger partial charge >= 0.3 is 0 Å². The molecule has 27 heavy (non-hydrogen) atoms. The Morgan fingerprint density at radius 3 is 2.56 bits per heavy atom. The van der Waals surface area contributed by atoms with E-state index in [0.29, 0.717) is 37.2 Å². The van der Waals surface area contributed by atoms with Gasteiger partial charge in [-0.2, -0.15) is 0 Å². The van der Waals surface area contributed by atoms with Crippen molar-refractivity contribution < 1.29 is 9.21 Å². The number of pyridine rings is 1. The zero-order valence-electron chi connectivity index (χ0n) is 15.3. The van der Waals surface area contributed by atoms with Crippen molar-refractivity contribution >= 4 is 5.91 Å². The first-order valence-corrected chi connectivity index (χ1v) is 9.27. The summed E-state index contributed by atoms with van der Waals surface area (Å²) in [5.74, 6) is 1.12. The summed E-state index contributed by atoms with van der Waals surface area (Å²) < 4.78 is 5.73. The minimum Gasteiger partial charge on any atom is -0.421 e. The van der Waals surface area contributed by atoms with Crippen LogP contribution in [-0.4, -0.2) is 32.0 Å². The standard InChI is InChI=1S/C21H22N4O2/c1-15-2-4-17(5-3-15)21-24-23-19(27-21)8-9-20(26)25(18-6-7-18)14-16-10-12-22-13-11-16/h2-5,10-13,18H,6-9,14H2,1H3. The Morgan fingerprint density at radius 2 is 1.85 bits per heavy atom. The van der Waals surface area contributed by atoms with Gasteiger partial charge in [-0.3, -0.25) is 9.78 Å². The van der Waals surface area contributed by atoms with E-state index in [0.717, 1.165) is 24.0 Å². The quantitative estimate of drug-likeness (QED) is 0.642. The summed E-state index contributed by atoms with van der Waals surface area (Å²) in [6.45, 7) is 2.66. The monoisotopic (exact) mass is 362 g/mol. The number of carbonyl (C=O) groups is 1. The molecule has 6 nitrogen and oxygen atoms in total. The molecular formula is C21H22N4O2. The van der Waals surface area contributed by atoms with Crippen molar-refractivity contribution in [2.75, 3.05) is 0 Å². The highest BCUT2D eigenvalue weighted by atomic mass is 16.4. The van der Waals surface area contributed by atoms with Crippen LogP contribution in [0.1, 0.15) is 36.3 Å². The van der Waals surface area contributed by atoms with Gasteiger partial charge in [0, 0.05) is 43.4 Å². The lowest BCUT2D eigenvalue weighted by Crippen LogP contribution is -2.32. The summed E-state index contributed by atoms with van der Waals surface area (Å²) in [5, 5.41) is 8.20. The second-order valence-corrected chi connectivity index (χ2v) is 6.98. The minimum absolute atomic E-state index is 0.129. The highest BCUT2D eigenvalue weighted by Crippen LogP contribution is 2.29. The van der Waals surface area contributed by atoms with Crippen molar-refractivity contribution in [2.45, 2.75) is 45.2 Å². The zero-order chi connectivity index (χ0) is 18.6. The number of aromatic nitrogens is 3. The average molecular weight is 362 g/mol. The highest BCUT2D eigenvalue weighted by molar-refractivity contribution is 5.77. The van der Waals surface area contributed by atoms with E-state index < -0.39 is 0 Å². The Labute approximate surface area is 158 Å². The van der Waals surface area contributed by atoms with Crippen LogP contribution in [0.4, 0.5) is 0 Å². The highest BCUT2D eigenvalue weighted by Gasteiger charge is 2.32. The summed E-state index contributed by atoms with van der Waals surface area (Å²) in [7, 11) is 0. The van der Waals surface area contributed by atoms with Crippen molar-refractivity contribution in [3.63, 3.8) is 0 Å². The molecule has 0 unspecified atom stereocenters. The Kier molecular flexibility index (Phi) is 4.96. The fourth-order valence-electron chi connectivity index (χ4n) is 3.02. The predicted molar refractivity (Wildman–Crippen MR) is 101 cm³/mol. The van der Waals surface area contributed by atoms with Crippen LogP contribution in [0.15, 0.2) is 53.2 Å². The molecule has 2 aromatic heterocycles. The van der Waals surface area contributed by atoms with Crippen LogP contribution in [0.5, 0.6) is 0 Å². The molecule has 0 aliphatic heterocycles. The first-order chi connectivity index (χ1) is 13.2. The second kappa shape index (κ2) is 7.70. The fraction of sp³-hybridized carbons (Fsp3) is 0.333. The van der Waals surface area contributed by atoms with Gasteiger partial charge in [-0.25, -0.2) is 0 Å². The lowest BCUT2D eigenvalue weighted by atomic mass is 10.1. The number of hydrogen-bond acceptors (Lipinski definition) is 5. The molecule has 1 amide bonds. The Morgan fingerprint density at radius 1 is 1.11 bits per heavy atom. The van der Waals surface area contributed by atoms with Crippen molar-refractivity contribution in [2.24, 2.45) is 0 Å². The van der Waals surface area contributed by atoms with E-state index in [1.165, 1.54) is 5.56 Å². The van der Waals surface area contributed by atoms with Gasteiger partial charge in [-0.05, 0) is 49.6 Å². The van der Waals surface area contributed by atoms with E-state index in [2.05, 4.69) is 15.2 Å². The third-order valence-corrected chi connectivity index (χ3v) is 4.73. The Hall–Kier alpha value is -3.02. The van der Waals surface area contributed by atoms with E-state index in [9.17, 15) is 4.79 Å². The summed E-state index contributed by atoms with van der Waals surface area (Å²) in [4.78, 5) is 18.7. The van der Waals surface area contributed by atoms with E-state index in [1.54, 1.807) is 12.4 Å². The number of aryl methyl sites for hydroxylation is 2. The van der Waals surface area contributed by atoms with Crippen LogP contribution in [-0.2, 0) is 17.8 Å². The predicted octanol–water partition coefficient (Wildman–Crippen LogP) is 3.56. The summed E-state index contributed by atoms with van der Waals surface area (Å²) in [5.41, 5.74) is 3.17. The van der Waals surface area contributed by atoms with Crippen LogP contribution in [0, 0.1) is 6.92 Å². The van der Waals surface area contributed by atoms with Gasteiger partial charge in [0.05, 0.1) is 0 Å². The number of amides is 1. The number of carbonyl (C=O) groups excluding carboxylic acids is 1. The Bertz CT molecular complexity index is 901. The van der Waals surface area contributed by atoms with Crippen molar-refractivity contribution in [1.82, 2.24) is 20.1 Å². The Balaban J connectivity index is 1.37. The normalized spacial score (nSPS) is 13.5. The molecule has 3 aromatic rings. The first kappa shape index (κ1) is 17.4. The molecule has 2 heterocycles. The van der Waals surface area contributed by atoms with E-state index in [4.69, 9.17) is 4.42 Å². The van der Waals surface area contributed by atoms with Crippen LogP contribution in [0.2, 0.25) is 0 Å². The number of hydrogen-bond donors (Lipinski definition) is 0. The number of benzene rings is 1. The molecule has 1 aliphatic rings. The molecule has 4 rings (SSSR count).